The fourth-order valence-electron chi connectivity index (χ4n) is 4.72. The lowest BCUT2D eigenvalue weighted by molar-refractivity contribution is -0.684. The summed E-state index contributed by atoms with van der Waals surface area (Å²) < 4.78 is 103. The fraction of sp³-hybridized carbons (Fsp3) is 0.357. The molecule has 9 nitrogen and oxygen atoms in total. The number of anilines is 1. The summed E-state index contributed by atoms with van der Waals surface area (Å²) in [6.07, 6.45) is 0.0124. The Labute approximate surface area is 253 Å². The number of hydrogen-bond donors (Lipinski definition) is 1. The van der Waals surface area contributed by atoms with E-state index in [0.29, 0.717) is 17.1 Å². The first-order valence-corrected chi connectivity index (χ1v) is 15.2. The molecule has 2 aromatic heterocycles. The number of aromatic nitrogens is 2. The summed E-state index contributed by atoms with van der Waals surface area (Å²) in [5.74, 6) is -1.27. The van der Waals surface area contributed by atoms with E-state index in [1.54, 1.807) is 11.3 Å². The number of aryl methyl sites for hydroxylation is 1. The molecule has 2 aromatic carbocycles. The fourth-order valence-corrected chi connectivity index (χ4v) is 5.91. The van der Waals surface area contributed by atoms with E-state index in [9.17, 15) is 22.4 Å². The molecule has 0 aliphatic carbocycles. The smallest absolute Gasteiger partial charge is 0.485 e. The molecule has 0 bridgehead atoms. The van der Waals surface area contributed by atoms with E-state index in [2.05, 4.69) is 9.72 Å². The normalized spacial score (nSPS) is 14.9. The van der Waals surface area contributed by atoms with Gasteiger partial charge in [0.05, 0.1) is 24.0 Å². The number of nitrogens with zero attached hydrogens (tertiary/aromatic N) is 2. The number of rotatable bonds is 4. The average molecular weight is 662 g/mol. The van der Waals surface area contributed by atoms with Crippen LogP contribution in [0.15, 0.2) is 42.5 Å². The number of hydrogen-bond acceptors (Lipinski definition) is 8. The predicted octanol–water partition coefficient (Wildman–Crippen LogP) is 5.97. The summed E-state index contributed by atoms with van der Waals surface area (Å²) in [6.45, 7) is 8.14. The van der Waals surface area contributed by atoms with Crippen molar-refractivity contribution in [1.29, 1.82) is 0 Å². The molecule has 0 spiro atoms. The molecule has 0 fully saturated rings. The molecule has 1 unspecified atom stereocenters. The lowest BCUT2D eigenvalue weighted by Crippen LogP contribution is -2.43. The molecule has 1 aliphatic heterocycles. The standard InChI is InChI=1S/C27H28F2N3O3S.CHF3O3S/c1-15-22(16-9-7-6-8-10-16)32-25(30-27(2,3)4)23-19-11-17(28)12-20(29)24(19)35-14-18(13-21(33)34-5)31(23)26(32)36-15;2-1(3,4)8(5,6)7/h6-12,18,30H,13-14H2,1-5H3;(H,5,6,7)/q+1;/p-1. The zero-order valence-corrected chi connectivity index (χ0v) is 25.7. The van der Waals surface area contributed by atoms with Gasteiger partial charge >= 0.3 is 16.4 Å². The van der Waals surface area contributed by atoms with Gasteiger partial charge < -0.3 is 19.3 Å². The molecule has 1 atom stereocenters. The van der Waals surface area contributed by atoms with Gasteiger partial charge in [-0.1, -0.05) is 41.7 Å². The van der Waals surface area contributed by atoms with Crippen molar-refractivity contribution < 1.29 is 53.8 Å². The number of imidazole rings is 1. The third kappa shape index (κ3) is 6.66. The van der Waals surface area contributed by atoms with Gasteiger partial charge in [0.2, 0.25) is 11.5 Å². The van der Waals surface area contributed by atoms with Gasteiger partial charge in [-0.15, -0.1) is 0 Å². The molecule has 5 rings (SSSR count). The van der Waals surface area contributed by atoms with Gasteiger partial charge in [-0.3, -0.25) is 4.79 Å². The summed E-state index contributed by atoms with van der Waals surface area (Å²) in [5.41, 5.74) is -3.20. The highest BCUT2D eigenvalue weighted by Gasteiger charge is 2.42. The molecule has 16 heteroatoms. The molecule has 1 aliphatic rings. The summed E-state index contributed by atoms with van der Waals surface area (Å²) >= 11 is 1.56. The van der Waals surface area contributed by atoms with Crippen molar-refractivity contribution in [2.24, 2.45) is 0 Å². The van der Waals surface area contributed by atoms with Gasteiger partial charge in [0, 0.05) is 17.2 Å². The first kappa shape index (κ1) is 33.1. The van der Waals surface area contributed by atoms with Gasteiger partial charge in [-0.2, -0.15) is 17.6 Å². The average Bonchev–Trinajstić information content (AvgIpc) is 3.32. The molecule has 238 valence electrons. The van der Waals surface area contributed by atoms with Crippen LogP contribution in [0, 0.1) is 18.6 Å². The summed E-state index contributed by atoms with van der Waals surface area (Å²) in [4.78, 5) is 14.3. The van der Waals surface area contributed by atoms with Crippen molar-refractivity contribution >= 4 is 38.2 Å². The summed E-state index contributed by atoms with van der Waals surface area (Å²) in [5, 5.41) is 3.58. The minimum atomic E-state index is -6.09. The van der Waals surface area contributed by atoms with Crippen LogP contribution in [0.1, 0.15) is 38.1 Å². The number of thiazole rings is 1. The Balaban J connectivity index is 0.000000488. The Morgan fingerprint density at radius 2 is 1.80 bits per heavy atom. The minimum absolute atomic E-state index is 0.0124. The van der Waals surface area contributed by atoms with Gasteiger partial charge in [0.15, 0.2) is 27.4 Å². The van der Waals surface area contributed by atoms with E-state index in [4.69, 9.17) is 22.4 Å². The van der Waals surface area contributed by atoms with Crippen LogP contribution >= 0.6 is 11.3 Å². The highest BCUT2D eigenvalue weighted by atomic mass is 32.2. The van der Waals surface area contributed by atoms with Crippen molar-refractivity contribution in [1.82, 2.24) is 4.40 Å². The third-order valence-corrected chi connectivity index (χ3v) is 8.02. The Bertz CT molecular complexity index is 1810. The van der Waals surface area contributed by atoms with Crippen LogP contribution in [0.4, 0.5) is 27.8 Å². The highest BCUT2D eigenvalue weighted by Crippen LogP contribution is 2.44. The van der Waals surface area contributed by atoms with Crippen molar-refractivity contribution in [3.05, 3.63) is 59.0 Å². The zero-order chi connectivity index (χ0) is 32.8. The maximum Gasteiger partial charge on any atom is 0.485 e. The van der Waals surface area contributed by atoms with E-state index in [0.717, 1.165) is 27.2 Å². The molecule has 0 radical (unpaired) electrons. The van der Waals surface area contributed by atoms with E-state index >= 15 is 4.39 Å². The van der Waals surface area contributed by atoms with E-state index < -0.39 is 39.3 Å². The van der Waals surface area contributed by atoms with E-state index in [1.807, 2.05) is 62.6 Å². The second kappa shape index (κ2) is 12.0. The molecule has 3 heterocycles. The molecule has 1 N–H and O–H groups in total. The molecular weight excluding hydrogens is 633 g/mol. The Morgan fingerprint density at radius 3 is 2.34 bits per heavy atom. The molecule has 0 amide bonds. The summed E-state index contributed by atoms with van der Waals surface area (Å²) in [7, 11) is -4.76. The number of alkyl halides is 3. The Hall–Kier alpha value is -3.76. The SMILES string of the molecule is COC(=O)CC1COc2c(F)cc(F)cc2-c2c(NC(C)(C)C)n3c(-c4ccccc4)c(C)sc3[n+]21.O=S(=O)([O-])C(F)(F)F. The monoisotopic (exact) mass is 661 g/mol. The first-order chi connectivity index (χ1) is 20.3. The molecule has 0 saturated heterocycles. The number of ether oxygens (including phenoxy) is 2. The summed E-state index contributed by atoms with van der Waals surface area (Å²) in [6, 6.07) is 11.6. The maximum atomic E-state index is 15.0. The second-order valence-electron chi connectivity index (χ2n) is 10.8. The van der Waals surface area contributed by atoms with Gasteiger partial charge in [-0.05, 0) is 33.8 Å². The lowest BCUT2D eigenvalue weighted by atomic mass is 10.1. The number of carbonyl (C=O) groups excluding carboxylic acids is 1. The Kier molecular flexibility index (Phi) is 9.01. The van der Waals surface area contributed by atoms with Crippen molar-refractivity contribution in [3.63, 3.8) is 0 Å². The number of halogens is 5. The maximum absolute atomic E-state index is 15.0. The number of methoxy groups -OCH3 is 1. The number of esters is 1. The number of benzene rings is 2. The van der Waals surface area contributed by atoms with Crippen LogP contribution in [-0.4, -0.2) is 48.1 Å². The van der Waals surface area contributed by atoms with Crippen LogP contribution in [0.2, 0.25) is 0 Å². The van der Waals surface area contributed by atoms with Gasteiger partial charge in [0.1, 0.15) is 18.5 Å². The van der Waals surface area contributed by atoms with Crippen molar-refractivity contribution in [3.8, 4) is 28.3 Å². The van der Waals surface area contributed by atoms with Gasteiger partial charge in [0.25, 0.3) is 0 Å². The van der Waals surface area contributed by atoms with Crippen LogP contribution in [-0.2, 0) is 19.6 Å². The number of fused-ring (bicyclic) bond motifs is 5. The largest absolute Gasteiger partial charge is 0.741 e. The zero-order valence-electron chi connectivity index (χ0n) is 24.1. The molecule has 0 saturated carbocycles. The second-order valence-corrected chi connectivity index (χ2v) is 13.4. The predicted molar refractivity (Wildman–Crippen MR) is 151 cm³/mol. The Morgan fingerprint density at radius 1 is 1.18 bits per heavy atom. The first-order valence-electron chi connectivity index (χ1n) is 13.0. The topological polar surface area (TPSA) is 113 Å². The molecule has 4 aromatic rings. The van der Waals surface area contributed by atoms with Crippen LogP contribution < -0.4 is 14.6 Å². The van der Waals surface area contributed by atoms with Crippen LogP contribution in [0.5, 0.6) is 5.75 Å². The number of nitrogens with one attached hydrogen (secondary N) is 1. The third-order valence-electron chi connectivity index (χ3n) is 6.39. The van der Waals surface area contributed by atoms with Crippen molar-refractivity contribution in [2.75, 3.05) is 19.0 Å². The van der Waals surface area contributed by atoms with E-state index in [-0.39, 0.29) is 24.3 Å². The van der Waals surface area contributed by atoms with Crippen LogP contribution in [0.25, 0.3) is 27.5 Å². The highest BCUT2D eigenvalue weighted by molar-refractivity contribution is 7.86. The molecular formula is C28H28F5N3O6S2. The van der Waals surface area contributed by atoms with Crippen molar-refractivity contribution in [2.45, 2.75) is 51.2 Å². The van der Waals surface area contributed by atoms with Crippen LogP contribution in [0.3, 0.4) is 0 Å². The lowest BCUT2D eigenvalue weighted by Gasteiger charge is -2.20. The number of carbonyl (C=O) groups is 1. The minimum Gasteiger partial charge on any atom is -0.741 e. The van der Waals surface area contributed by atoms with Gasteiger partial charge in [-0.25, -0.2) is 21.8 Å². The quantitative estimate of drug-likeness (QED) is 0.0944. The van der Waals surface area contributed by atoms with E-state index in [1.165, 1.54) is 13.2 Å². The molecule has 44 heavy (non-hydrogen) atoms.